The molecule has 1 unspecified atom stereocenters. The second kappa shape index (κ2) is 14.2. The van der Waals surface area contributed by atoms with Gasteiger partial charge in [0.2, 0.25) is 0 Å². The molecule has 0 spiro atoms. The lowest BCUT2D eigenvalue weighted by atomic mass is 9.97. The number of hydrogen-bond donors (Lipinski definition) is 2. The maximum absolute atomic E-state index is 5.11. The summed E-state index contributed by atoms with van der Waals surface area (Å²) >= 11 is 0. The van der Waals surface area contributed by atoms with Gasteiger partial charge in [-0.05, 0) is 51.6 Å². The zero-order valence-electron chi connectivity index (χ0n) is 17.9. The molecule has 1 rings (SSSR count). The zero-order chi connectivity index (χ0) is 19.2. The lowest BCUT2D eigenvalue weighted by Gasteiger charge is -2.33. The Morgan fingerprint density at radius 2 is 2.12 bits per heavy atom. The van der Waals surface area contributed by atoms with Crippen molar-refractivity contribution in [3.63, 3.8) is 0 Å². The minimum Gasteiger partial charge on any atom is -0.385 e. The van der Waals surface area contributed by atoms with E-state index in [0.29, 0.717) is 5.92 Å². The van der Waals surface area contributed by atoms with Crippen LogP contribution < -0.4 is 10.6 Å². The largest absolute Gasteiger partial charge is 0.385 e. The van der Waals surface area contributed by atoms with Crippen LogP contribution in [0.5, 0.6) is 0 Å². The number of guanidine groups is 1. The normalized spacial score (nSPS) is 19.3. The van der Waals surface area contributed by atoms with Crippen LogP contribution in [0, 0.1) is 11.8 Å². The van der Waals surface area contributed by atoms with E-state index in [1.807, 2.05) is 0 Å². The van der Waals surface area contributed by atoms with Gasteiger partial charge in [-0.15, -0.1) is 0 Å². The first kappa shape index (κ1) is 23.2. The summed E-state index contributed by atoms with van der Waals surface area (Å²) in [5.41, 5.74) is 0. The summed E-state index contributed by atoms with van der Waals surface area (Å²) in [7, 11) is 3.92. The van der Waals surface area contributed by atoms with E-state index in [2.05, 4.69) is 48.3 Å². The number of likely N-dealkylation sites (tertiary alicyclic amines) is 1. The summed E-state index contributed by atoms with van der Waals surface area (Å²) < 4.78 is 5.11. The summed E-state index contributed by atoms with van der Waals surface area (Å²) in [6.45, 7) is 16.1. The highest BCUT2D eigenvalue weighted by molar-refractivity contribution is 5.79. The highest BCUT2D eigenvalue weighted by atomic mass is 16.5. The molecule has 1 aliphatic rings. The molecule has 0 amide bonds. The second-order valence-electron chi connectivity index (χ2n) is 7.96. The van der Waals surface area contributed by atoms with Crippen LogP contribution in [0.3, 0.4) is 0 Å². The first-order chi connectivity index (χ1) is 12.5. The Morgan fingerprint density at radius 3 is 2.81 bits per heavy atom. The van der Waals surface area contributed by atoms with Gasteiger partial charge in [0.25, 0.3) is 0 Å². The van der Waals surface area contributed by atoms with E-state index in [-0.39, 0.29) is 0 Å². The number of aliphatic imine (C=N–C) groups is 1. The van der Waals surface area contributed by atoms with Crippen molar-refractivity contribution in [3.8, 4) is 0 Å². The molecule has 6 heteroatoms. The van der Waals surface area contributed by atoms with Crippen molar-refractivity contribution < 1.29 is 4.74 Å². The molecule has 1 atom stereocenters. The van der Waals surface area contributed by atoms with Crippen molar-refractivity contribution in [1.82, 2.24) is 20.4 Å². The van der Waals surface area contributed by atoms with Crippen LogP contribution in [0.1, 0.15) is 40.0 Å². The molecule has 1 aliphatic heterocycles. The van der Waals surface area contributed by atoms with Crippen LogP contribution in [0.15, 0.2) is 4.99 Å². The number of nitrogens with zero attached hydrogens (tertiary/aromatic N) is 3. The van der Waals surface area contributed by atoms with Crippen LogP contribution >= 0.6 is 0 Å². The third-order valence-corrected chi connectivity index (χ3v) is 4.75. The van der Waals surface area contributed by atoms with E-state index in [1.54, 1.807) is 7.11 Å². The maximum Gasteiger partial charge on any atom is 0.191 e. The van der Waals surface area contributed by atoms with Gasteiger partial charge in [0.05, 0.1) is 0 Å². The molecule has 1 saturated heterocycles. The molecule has 0 aromatic carbocycles. The van der Waals surface area contributed by atoms with Gasteiger partial charge in [-0.25, -0.2) is 0 Å². The standard InChI is InChI=1S/C20H43N5O/c1-6-21-20(22-10-13-24(4)11-8-14-26-5)23-15-19-9-7-12-25(17-19)16-18(2)3/h18-19H,6-17H2,1-5H3,(H2,21,22,23). The van der Waals surface area contributed by atoms with E-state index in [0.717, 1.165) is 57.6 Å². The predicted molar refractivity (Wildman–Crippen MR) is 112 cm³/mol. The number of ether oxygens (including phenoxy) is 1. The van der Waals surface area contributed by atoms with Crippen molar-refractivity contribution in [2.24, 2.45) is 16.8 Å². The summed E-state index contributed by atoms with van der Waals surface area (Å²) in [4.78, 5) is 9.80. The molecule has 0 aliphatic carbocycles. The number of hydrogen-bond acceptors (Lipinski definition) is 4. The van der Waals surface area contributed by atoms with Crippen LogP contribution in [-0.2, 0) is 4.74 Å². The third kappa shape index (κ3) is 11.0. The van der Waals surface area contributed by atoms with E-state index in [4.69, 9.17) is 9.73 Å². The smallest absolute Gasteiger partial charge is 0.191 e. The lowest BCUT2D eigenvalue weighted by molar-refractivity contribution is 0.162. The molecule has 0 radical (unpaired) electrons. The molecule has 0 aromatic heterocycles. The van der Waals surface area contributed by atoms with Gasteiger partial charge in [0.15, 0.2) is 5.96 Å². The summed E-state index contributed by atoms with van der Waals surface area (Å²) in [6, 6.07) is 0. The van der Waals surface area contributed by atoms with Gasteiger partial charge in [0.1, 0.15) is 0 Å². The molecular formula is C20H43N5O. The summed E-state index contributed by atoms with van der Waals surface area (Å²) in [5.74, 6) is 2.39. The lowest BCUT2D eigenvalue weighted by Crippen LogP contribution is -2.42. The Kier molecular flexibility index (Phi) is 12.7. The molecule has 154 valence electrons. The SMILES string of the molecule is CCNC(=NCC1CCCN(CC(C)C)C1)NCCN(C)CCCOC. The van der Waals surface area contributed by atoms with Gasteiger partial charge in [-0.3, -0.25) is 4.99 Å². The van der Waals surface area contributed by atoms with Crippen molar-refractivity contribution in [2.45, 2.75) is 40.0 Å². The number of nitrogens with one attached hydrogen (secondary N) is 2. The Labute approximate surface area is 161 Å². The molecule has 26 heavy (non-hydrogen) atoms. The van der Waals surface area contributed by atoms with Gasteiger partial charge in [-0.1, -0.05) is 13.8 Å². The summed E-state index contributed by atoms with van der Waals surface area (Å²) in [6.07, 6.45) is 3.69. The average Bonchev–Trinajstić information content (AvgIpc) is 2.59. The molecular weight excluding hydrogens is 326 g/mol. The van der Waals surface area contributed by atoms with E-state index >= 15 is 0 Å². The Hall–Kier alpha value is -0.850. The Morgan fingerprint density at radius 1 is 1.31 bits per heavy atom. The highest BCUT2D eigenvalue weighted by Gasteiger charge is 2.20. The molecule has 2 N–H and O–H groups in total. The second-order valence-corrected chi connectivity index (χ2v) is 7.96. The number of methoxy groups -OCH3 is 1. The first-order valence-corrected chi connectivity index (χ1v) is 10.5. The van der Waals surface area contributed by atoms with Crippen molar-refractivity contribution in [2.75, 3.05) is 73.1 Å². The molecule has 1 heterocycles. The predicted octanol–water partition coefficient (Wildman–Crippen LogP) is 1.88. The quantitative estimate of drug-likeness (QED) is 0.312. The van der Waals surface area contributed by atoms with Crippen LogP contribution in [-0.4, -0.2) is 88.9 Å². The molecule has 1 fully saturated rings. The van der Waals surface area contributed by atoms with Crippen LogP contribution in [0.2, 0.25) is 0 Å². The topological polar surface area (TPSA) is 52.1 Å². The molecule has 0 aromatic rings. The number of rotatable bonds is 12. The van der Waals surface area contributed by atoms with Crippen molar-refractivity contribution >= 4 is 5.96 Å². The van der Waals surface area contributed by atoms with Gasteiger partial charge in [0, 0.05) is 59.5 Å². The Balaban J connectivity index is 2.33. The molecule has 6 nitrogen and oxygen atoms in total. The third-order valence-electron chi connectivity index (χ3n) is 4.75. The fraction of sp³-hybridized carbons (Fsp3) is 0.950. The highest BCUT2D eigenvalue weighted by Crippen LogP contribution is 2.17. The molecule has 0 bridgehead atoms. The van der Waals surface area contributed by atoms with Crippen molar-refractivity contribution in [3.05, 3.63) is 0 Å². The van der Waals surface area contributed by atoms with Gasteiger partial charge >= 0.3 is 0 Å². The first-order valence-electron chi connectivity index (χ1n) is 10.5. The van der Waals surface area contributed by atoms with Crippen LogP contribution in [0.4, 0.5) is 0 Å². The van der Waals surface area contributed by atoms with Gasteiger partial charge < -0.3 is 25.2 Å². The van der Waals surface area contributed by atoms with E-state index in [9.17, 15) is 0 Å². The monoisotopic (exact) mass is 369 g/mol. The average molecular weight is 370 g/mol. The maximum atomic E-state index is 5.11. The van der Waals surface area contributed by atoms with Gasteiger partial charge in [-0.2, -0.15) is 0 Å². The van der Waals surface area contributed by atoms with Crippen molar-refractivity contribution in [1.29, 1.82) is 0 Å². The number of likely N-dealkylation sites (N-methyl/N-ethyl adjacent to an activating group) is 1. The van der Waals surface area contributed by atoms with E-state index in [1.165, 1.54) is 32.5 Å². The fourth-order valence-electron chi connectivity index (χ4n) is 3.50. The molecule has 0 saturated carbocycles. The van der Waals surface area contributed by atoms with Crippen LogP contribution in [0.25, 0.3) is 0 Å². The van der Waals surface area contributed by atoms with E-state index < -0.39 is 0 Å². The minimum atomic E-state index is 0.690. The number of piperidine rings is 1. The Bertz CT molecular complexity index is 375. The fourth-order valence-corrected chi connectivity index (χ4v) is 3.50. The minimum absolute atomic E-state index is 0.690. The summed E-state index contributed by atoms with van der Waals surface area (Å²) in [5, 5.41) is 6.86. The zero-order valence-corrected chi connectivity index (χ0v) is 17.9.